The molecule has 0 heterocycles. The first-order chi connectivity index (χ1) is 10.0. The van der Waals surface area contributed by atoms with Crippen molar-refractivity contribution >= 4 is 5.78 Å². The molecule has 0 saturated heterocycles. The van der Waals surface area contributed by atoms with E-state index in [2.05, 4.69) is 19.9 Å². The number of carbonyl (C=O) groups is 1. The zero-order chi connectivity index (χ0) is 14.8. The second-order valence-corrected chi connectivity index (χ2v) is 7.76. The van der Waals surface area contributed by atoms with Gasteiger partial charge < -0.3 is 5.11 Å². The van der Waals surface area contributed by atoms with E-state index in [1.165, 1.54) is 17.5 Å². The molecule has 1 aromatic carbocycles. The molecular formula is C19H24O2. The van der Waals surface area contributed by atoms with Crippen LogP contribution in [0.3, 0.4) is 0 Å². The van der Waals surface area contributed by atoms with Crippen LogP contribution >= 0.6 is 0 Å². The van der Waals surface area contributed by atoms with Gasteiger partial charge >= 0.3 is 0 Å². The van der Waals surface area contributed by atoms with Gasteiger partial charge in [-0.3, -0.25) is 4.79 Å². The minimum absolute atomic E-state index is 0.0605. The van der Waals surface area contributed by atoms with Gasteiger partial charge in [0, 0.05) is 11.3 Å². The van der Waals surface area contributed by atoms with Gasteiger partial charge in [0.2, 0.25) is 0 Å². The molecule has 112 valence electrons. The van der Waals surface area contributed by atoms with Crippen LogP contribution in [0.5, 0.6) is 5.75 Å². The minimum Gasteiger partial charge on any atom is -0.508 e. The first kappa shape index (κ1) is 13.4. The Bertz CT molecular complexity index is 606. The number of fused-ring (bicyclic) bond motifs is 5. The van der Waals surface area contributed by atoms with Crippen molar-refractivity contribution in [2.24, 2.45) is 23.2 Å². The number of benzene rings is 1. The molecule has 4 rings (SSSR count). The number of hydrogen-bond acceptors (Lipinski definition) is 2. The van der Waals surface area contributed by atoms with Gasteiger partial charge in [0.05, 0.1) is 0 Å². The maximum absolute atomic E-state index is 12.6. The van der Waals surface area contributed by atoms with Crippen LogP contribution in [-0.4, -0.2) is 10.9 Å². The van der Waals surface area contributed by atoms with Gasteiger partial charge in [-0.25, -0.2) is 0 Å². The highest BCUT2D eigenvalue weighted by molar-refractivity contribution is 5.89. The normalized spacial score (nSPS) is 41.3. The Morgan fingerprint density at radius 1 is 1.29 bits per heavy atom. The van der Waals surface area contributed by atoms with Crippen LogP contribution in [0.1, 0.15) is 56.6 Å². The van der Waals surface area contributed by atoms with E-state index >= 15 is 0 Å². The van der Waals surface area contributed by atoms with Crippen LogP contribution in [0, 0.1) is 23.2 Å². The van der Waals surface area contributed by atoms with E-state index in [4.69, 9.17) is 0 Å². The van der Waals surface area contributed by atoms with Gasteiger partial charge in [-0.05, 0) is 73.1 Å². The lowest BCUT2D eigenvalue weighted by Crippen LogP contribution is -2.42. The number of aromatic hydroxyl groups is 1. The molecule has 0 bridgehead atoms. The van der Waals surface area contributed by atoms with Gasteiger partial charge in [0.25, 0.3) is 0 Å². The lowest BCUT2D eigenvalue weighted by atomic mass is 9.55. The Hall–Kier alpha value is -1.31. The monoisotopic (exact) mass is 284 g/mol. The number of phenols is 1. The molecule has 3 aliphatic carbocycles. The number of hydrogen-bond donors (Lipinski definition) is 1. The smallest absolute Gasteiger partial charge is 0.141 e. The summed E-state index contributed by atoms with van der Waals surface area (Å²) < 4.78 is 0. The second kappa shape index (κ2) is 4.34. The van der Waals surface area contributed by atoms with E-state index in [1.54, 1.807) is 0 Å². The molecule has 3 aliphatic rings. The van der Waals surface area contributed by atoms with E-state index in [1.807, 2.05) is 12.1 Å². The third-order valence-electron chi connectivity index (χ3n) is 6.72. The minimum atomic E-state index is -0.0605. The first-order valence-electron chi connectivity index (χ1n) is 8.37. The standard InChI is InChI=1S/C19H24O2/c1-11-9-17-16-5-3-12-10-13(20)4-6-14(12)15(16)7-8-19(17,2)18(11)21/h4,6,10-11,15-17,20H,3,5,7-9H2,1-2H3/t11-,15+,16+,17-,19-/m0/s1. The summed E-state index contributed by atoms with van der Waals surface area (Å²) in [6, 6.07) is 5.91. The van der Waals surface area contributed by atoms with Gasteiger partial charge in [0.1, 0.15) is 11.5 Å². The first-order valence-corrected chi connectivity index (χ1v) is 8.37. The molecule has 1 N–H and O–H groups in total. The second-order valence-electron chi connectivity index (χ2n) is 7.76. The molecule has 0 radical (unpaired) electrons. The van der Waals surface area contributed by atoms with Crippen LogP contribution in [0.4, 0.5) is 0 Å². The van der Waals surface area contributed by atoms with E-state index in [0.717, 1.165) is 25.7 Å². The Morgan fingerprint density at radius 3 is 2.90 bits per heavy atom. The van der Waals surface area contributed by atoms with Crippen molar-refractivity contribution in [3.63, 3.8) is 0 Å². The zero-order valence-corrected chi connectivity index (χ0v) is 12.9. The van der Waals surface area contributed by atoms with Crippen LogP contribution in [-0.2, 0) is 11.2 Å². The molecule has 2 heteroatoms. The molecule has 0 aromatic heterocycles. The number of rotatable bonds is 0. The number of carbonyl (C=O) groups excluding carboxylic acids is 1. The summed E-state index contributed by atoms with van der Waals surface area (Å²) in [6.07, 6.45) is 5.50. The molecule has 2 fully saturated rings. The van der Waals surface area contributed by atoms with E-state index in [0.29, 0.717) is 29.3 Å². The maximum Gasteiger partial charge on any atom is 0.141 e. The van der Waals surface area contributed by atoms with Crippen LogP contribution in [0.15, 0.2) is 18.2 Å². The van der Waals surface area contributed by atoms with Crippen molar-refractivity contribution in [3.8, 4) is 5.75 Å². The molecular weight excluding hydrogens is 260 g/mol. The van der Waals surface area contributed by atoms with E-state index in [-0.39, 0.29) is 11.3 Å². The third-order valence-corrected chi connectivity index (χ3v) is 6.72. The van der Waals surface area contributed by atoms with Gasteiger partial charge in [-0.15, -0.1) is 0 Å². The molecule has 2 nitrogen and oxygen atoms in total. The van der Waals surface area contributed by atoms with Crippen molar-refractivity contribution in [2.45, 2.75) is 51.9 Å². The van der Waals surface area contributed by atoms with Crippen LogP contribution in [0.2, 0.25) is 0 Å². The maximum atomic E-state index is 12.6. The molecule has 0 amide bonds. The molecule has 2 saturated carbocycles. The molecule has 21 heavy (non-hydrogen) atoms. The summed E-state index contributed by atoms with van der Waals surface area (Å²) in [4.78, 5) is 12.6. The highest BCUT2D eigenvalue weighted by atomic mass is 16.3. The highest BCUT2D eigenvalue weighted by Crippen LogP contribution is 2.60. The number of Topliss-reactive ketones (excluding diaryl/α,β-unsaturated/α-hetero) is 1. The summed E-state index contributed by atoms with van der Waals surface area (Å²) >= 11 is 0. The summed E-state index contributed by atoms with van der Waals surface area (Å²) in [5.74, 6) is 2.99. The third kappa shape index (κ3) is 1.74. The van der Waals surface area contributed by atoms with E-state index in [9.17, 15) is 9.90 Å². The molecule has 1 aromatic rings. The Labute approximate surface area is 126 Å². The Kier molecular flexibility index (Phi) is 2.76. The van der Waals surface area contributed by atoms with Crippen molar-refractivity contribution in [1.29, 1.82) is 0 Å². The van der Waals surface area contributed by atoms with Crippen LogP contribution in [0.25, 0.3) is 0 Å². The van der Waals surface area contributed by atoms with Gasteiger partial charge in [-0.2, -0.15) is 0 Å². The fraction of sp³-hybridized carbons (Fsp3) is 0.632. The average molecular weight is 284 g/mol. The fourth-order valence-electron chi connectivity index (χ4n) is 5.68. The molecule has 5 atom stereocenters. The zero-order valence-electron chi connectivity index (χ0n) is 12.9. The SMILES string of the molecule is C[C@H]1C[C@H]2[C@@H]3CCc4cc(O)ccc4[C@H]3CC[C@]2(C)C1=O. The summed E-state index contributed by atoms with van der Waals surface area (Å²) in [7, 11) is 0. The number of ketones is 1. The Balaban J connectivity index is 1.73. The number of phenolic OH excluding ortho intramolecular Hbond substituents is 1. The summed E-state index contributed by atoms with van der Waals surface area (Å²) in [5, 5.41) is 9.70. The molecule has 0 unspecified atom stereocenters. The predicted octanol–water partition coefficient (Wildman–Crippen LogP) is 4.06. The average Bonchev–Trinajstić information content (AvgIpc) is 2.70. The molecule has 0 aliphatic heterocycles. The van der Waals surface area contributed by atoms with Crippen molar-refractivity contribution in [1.82, 2.24) is 0 Å². The lowest BCUT2D eigenvalue weighted by molar-refractivity contribution is -0.131. The van der Waals surface area contributed by atoms with Crippen molar-refractivity contribution in [3.05, 3.63) is 29.3 Å². The Morgan fingerprint density at radius 2 is 2.10 bits per heavy atom. The highest BCUT2D eigenvalue weighted by Gasteiger charge is 2.56. The van der Waals surface area contributed by atoms with E-state index < -0.39 is 0 Å². The quantitative estimate of drug-likeness (QED) is 0.780. The van der Waals surface area contributed by atoms with Crippen LogP contribution < -0.4 is 0 Å². The summed E-state index contributed by atoms with van der Waals surface area (Å²) in [5.41, 5.74) is 2.71. The van der Waals surface area contributed by atoms with Crippen molar-refractivity contribution < 1.29 is 9.90 Å². The number of aryl methyl sites for hydroxylation is 1. The summed E-state index contributed by atoms with van der Waals surface area (Å²) in [6.45, 7) is 4.35. The topological polar surface area (TPSA) is 37.3 Å². The largest absolute Gasteiger partial charge is 0.508 e. The molecule has 0 spiro atoms. The predicted molar refractivity (Wildman–Crippen MR) is 82.3 cm³/mol. The fourth-order valence-corrected chi connectivity index (χ4v) is 5.68. The van der Waals surface area contributed by atoms with Crippen molar-refractivity contribution in [2.75, 3.05) is 0 Å². The van der Waals surface area contributed by atoms with Gasteiger partial charge in [0.15, 0.2) is 0 Å². The lowest BCUT2D eigenvalue weighted by Gasteiger charge is -2.48. The van der Waals surface area contributed by atoms with Gasteiger partial charge in [-0.1, -0.05) is 19.9 Å².